The summed E-state index contributed by atoms with van der Waals surface area (Å²) in [7, 11) is 1.62. The van der Waals surface area contributed by atoms with Gasteiger partial charge >= 0.3 is 0 Å². The Labute approximate surface area is 145 Å². The van der Waals surface area contributed by atoms with E-state index in [1.54, 1.807) is 35.5 Å². The highest BCUT2D eigenvalue weighted by atomic mass is 32.1. The summed E-state index contributed by atoms with van der Waals surface area (Å²) < 4.78 is 23.4. The van der Waals surface area contributed by atoms with Crippen molar-refractivity contribution in [2.24, 2.45) is 0 Å². The van der Waals surface area contributed by atoms with Crippen LogP contribution in [0.25, 0.3) is 0 Å². The van der Waals surface area contributed by atoms with Crippen molar-refractivity contribution in [3.63, 3.8) is 0 Å². The minimum Gasteiger partial charge on any atom is -0.382 e. The summed E-state index contributed by atoms with van der Waals surface area (Å²) in [5, 5.41) is 1.98. The summed E-state index contributed by atoms with van der Waals surface area (Å²) in [5.41, 5.74) is 0.704. The van der Waals surface area contributed by atoms with Crippen LogP contribution in [0.15, 0.2) is 41.8 Å². The number of ether oxygens (including phenoxy) is 2. The Hall–Kier alpha value is -1.76. The fourth-order valence-electron chi connectivity index (χ4n) is 2.21. The molecule has 0 unspecified atom stereocenters. The Balaban J connectivity index is 1.94. The van der Waals surface area contributed by atoms with E-state index >= 15 is 0 Å². The first-order valence-corrected chi connectivity index (χ1v) is 8.73. The molecule has 130 valence electrons. The van der Waals surface area contributed by atoms with Gasteiger partial charge in [0.25, 0.3) is 0 Å². The first kappa shape index (κ1) is 18.6. The molecular weight excluding hydrogens is 329 g/mol. The van der Waals surface area contributed by atoms with Crippen molar-refractivity contribution >= 4 is 22.9 Å². The Kier molecular flexibility index (Phi) is 7.88. The number of nitrogens with zero attached hydrogens (tertiary/aromatic N) is 1. The van der Waals surface area contributed by atoms with E-state index in [4.69, 9.17) is 9.47 Å². The standard InChI is InChI=1S/C18H22FNO3S/c1-22-11-12-23-10-2-5-18(21)20(14-17-4-3-13-24-17)16-8-6-15(19)7-9-16/h3-4,6-9,13H,2,5,10-12,14H2,1H3. The lowest BCUT2D eigenvalue weighted by molar-refractivity contribution is -0.119. The second-order valence-corrected chi connectivity index (χ2v) is 6.28. The molecule has 2 aromatic rings. The van der Waals surface area contributed by atoms with Crippen molar-refractivity contribution in [3.05, 3.63) is 52.5 Å². The first-order valence-electron chi connectivity index (χ1n) is 7.85. The number of methoxy groups -OCH3 is 1. The van der Waals surface area contributed by atoms with E-state index in [0.29, 0.717) is 44.9 Å². The van der Waals surface area contributed by atoms with E-state index in [0.717, 1.165) is 4.88 Å². The van der Waals surface area contributed by atoms with Gasteiger partial charge in [0.1, 0.15) is 5.82 Å². The van der Waals surface area contributed by atoms with Gasteiger partial charge in [-0.2, -0.15) is 0 Å². The smallest absolute Gasteiger partial charge is 0.227 e. The van der Waals surface area contributed by atoms with E-state index in [1.165, 1.54) is 12.1 Å². The van der Waals surface area contributed by atoms with Crippen LogP contribution in [0, 0.1) is 5.82 Å². The van der Waals surface area contributed by atoms with Crippen LogP contribution in [-0.2, 0) is 20.8 Å². The van der Waals surface area contributed by atoms with Gasteiger partial charge < -0.3 is 14.4 Å². The number of halogens is 1. The second-order valence-electron chi connectivity index (χ2n) is 5.24. The highest BCUT2D eigenvalue weighted by Crippen LogP contribution is 2.21. The number of rotatable bonds is 10. The monoisotopic (exact) mass is 351 g/mol. The summed E-state index contributed by atoms with van der Waals surface area (Å²) in [6.07, 6.45) is 1.03. The molecule has 0 N–H and O–H groups in total. The van der Waals surface area contributed by atoms with Crippen LogP contribution in [0.2, 0.25) is 0 Å². The van der Waals surface area contributed by atoms with Gasteiger partial charge in [0, 0.05) is 30.7 Å². The number of amides is 1. The summed E-state index contributed by atoms with van der Waals surface area (Å²) in [4.78, 5) is 15.4. The average molecular weight is 351 g/mol. The average Bonchev–Trinajstić information content (AvgIpc) is 3.10. The van der Waals surface area contributed by atoms with Gasteiger partial charge in [-0.15, -0.1) is 11.3 Å². The van der Waals surface area contributed by atoms with E-state index in [1.807, 2.05) is 17.5 Å². The lowest BCUT2D eigenvalue weighted by Gasteiger charge is -2.22. The lowest BCUT2D eigenvalue weighted by Crippen LogP contribution is -2.30. The van der Waals surface area contributed by atoms with Crippen LogP contribution >= 0.6 is 11.3 Å². The van der Waals surface area contributed by atoms with Crippen LogP contribution in [-0.4, -0.2) is 32.8 Å². The molecular formula is C18H22FNO3S. The number of carbonyl (C=O) groups is 1. The predicted molar refractivity (Wildman–Crippen MR) is 93.8 cm³/mol. The molecule has 0 aliphatic rings. The third-order valence-corrected chi connectivity index (χ3v) is 4.31. The molecule has 6 heteroatoms. The molecule has 1 heterocycles. The SMILES string of the molecule is COCCOCCCC(=O)N(Cc1cccs1)c1ccc(F)cc1. The molecule has 0 saturated carbocycles. The summed E-state index contributed by atoms with van der Waals surface area (Å²) in [6.45, 7) is 2.09. The number of hydrogen-bond acceptors (Lipinski definition) is 4. The molecule has 1 aromatic carbocycles. The molecule has 0 bridgehead atoms. The highest BCUT2D eigenvalue weighted by molar-refractivity contribution is 7.09. The number of benzene rings is 1. The number of carbonyl (C=O) groups excluding carboxylic acids is 1. The fourth-order valence-corrected chi connectivity index (χ4v) is 2.90. The quantitative estimate of drug-likeness (QED) is 0.610. The molecule has 0 atom stereocenters. The molecule has 4 nitrogen and oxygen atoms in total. The lowest BCUT2D eigenvalue weighted by atomic mass is 10.2. The van der Waals surface area contributed by atoms with Gasteiger partial charge in [0.05, 0.1) is 19.8 Å². The molecule has 0 saturated heterocycles. The first-order chi connectivity index (χ1) is 11.7. The third kappa shape index (κ3) is 6.03. The summed E-state index contributed by atoms with van der Waals surface area (Å²) in [6, 6.07) is 9.96. The second kappa shape index (κ2) is 10.2. The number of anilines is 1. The van der Waals surface area contributed by atoms with Gasteiger partial charge in [-0.1, -0.05) is 6.07 Å². The zero-order chi connectivity index (χ0) is 17.2. The molecule has 0 radical (unpaired) electrons. The normalized spacial score (nSPS) is 10.8. The fraction of sp³-hybridized carbons (Fsp3) is 0.389. The van der Waals surface area contributed by atoms with Gasteiger partial charge in [-0.05, 0) is 42.1 Å². The Morgan fingerprint density at radius 1 is 1.17 bits per heavy atom. The number of thiophene rings is 1. The largest absolute Gasteiger partial charge is 0.382 e. The Morgan fingerprint density at radius 3 is 2.62 bits per heavy atom. The van der Waals surface area contributed by atoms with Crippen molar-refractivity contribution in [1.82, 2.24) is 0 Å². The molecule has 24 heavy (non-hydrogen) atoms. The van der Waals surface area contributed by atoms with Crippen molar-refractivity contribution in [3.8, 4) is 0 Å². The third-order valence-electron chi connectivity index (χ3n) is 3.44. The highest BCUT2D eigenvalue weighted by Gasteiger charge is 2.16. The van der Waals surface area contributed by atoms with E-state index in [-0.39, 0.29) is 11.7 Å². The molecule has 0 spiro atoms. The van der Waals surface area contributed by atoms with E-state index in [2.05, 4.69) is 0 Å². The van der Waals surface area contributed by atoms with Gasteiger partial charge in [0.15, 0.2) is 0 Å². The van der Waals surface area contributed by atoms with Crippen LogP contribution in [0.4, 0.5) is 10.1 Å². The predicted octanol–water partition coefficient (Wildman–Crippen LogP) is 3.86. The van der Waals surface area contributed by atoms with Crippen LogP contribution in [0.1, 0.15) is 17.7 Å². The zero-order valence-corrected chi connectivity index (χ0v) is 14.6. The summed E-state index contributed by atoms with van der Waals surface area (Å²) in [5.74, 6) is -0.306. The Bertz CT molecular complexity index is 601. The van der Waals surface area contributed by atoms with Crippen molar-refractivity contribution < 1.29 is 18.7 Å². The zero-order valence-electron chi connectivity index (χ0n) is 13.7. The number of hydrogen-bond donors (Lipinski definition) is 0. The Morgan fingerprint density at radius 2 is 1.96 bits per heavy atom. The van der Waals surface area contributed by atoms with Gasteiger partial charge in [-0.25, -0.2) is 4.39 Å². The molecule has 2 rings (SSSR count). The van der Waals surface area contributed by atoms with Crippen LogP contribution < -0.4 is 4.90 Å². The van der Waals surface area contributed by atoms with Crippen molar-refractivity contribution in [1.29, 1.82) is 0 Å². The minimum absolute atomic E-state index is 0.00495. The maximum absolute atomic E-state index is 13.2. The van der Waals surface area contributed by atoms with Crippen molar-refractivity contribution in [2.45, 2.75) is 19.4 Å². The molecule has 1 aromatic heterocycles. The molecule has 1 amide bonds. The summed E-state index contributed by atoms with van der Waals surface area (Å²) >= 11 is 1.60. The van der Waals surface area contributed by atoms with Gasteiger partial charge in [-0.3, -0.25) is 4.79 Å². The van der Waals surface area contributed by atoms with Crippen molar-refractivity contribution in [2.75, 3.05) is 31.8 Å². The maximum atomic E-state index is 13.2. The molecule has 0 fully saturated rings. The topological polar surface area (TPSA) is 38.8 Å². The van der Waals surface area contributed by atoms with Gasteiger partial charge in [0.2, 0.25) is 5.91 Å². The molecule has 0 aliphatic carbocycles. The minimum atomic E-state index is -0.311. The van der Waals surface area contributed by atoms with Crippen LogP contribution in [0.5, 0.6) is 0 Å². The van der Waals surface area contributed by atoms with E-state index < -0.39 is 0 Å². The maximum Gasteiger partial charge on any atom is 0.227 e. The van der Waals surface area contributed by atoms with E-state index in [9.17, 15) is 9.18 Å². The molecule has 0 aliphatic heterocycles. The van der Waals surface area contributed by atoms with Crippen LogP contribution in [0.3, 0.4) is 0 Å².